The van der Waals surface area contributed by atoms with Gasteiger partial charge in [0.1, 0.15) is 6.26 Å². The minimum Gasteiger partial charge on any atom is -0.444 e. The Morgan fingerprint density at radius 1 is 1.18 bits per heavy atom. The number of oxazole rings is 1. The second-order valence-electron chi connectivity index (χ2n) is 6.56. The minimum absolute atomic E-state index is 0.196. The summed E-state index contributed by atoms with van der Waals surface area (Å²) < 4.78 is 8.89. The van der Waals surface area contributed by atoms with Crippen molar-refractivity contribution >= 4 is 16.6 Å². The molecule has 0 bridgehead atoms. The van der Waals surface area contributed by atoms with Crippen molar-refractivity contribution in [3.63, 3.8) is 0 Å². The standard InChI is InChI=1S/C20H18N6O2/c1-3-14-11-28-20(23-14)15-10-22-26-18(27)8-16(24-19(15)26)12-5-6-17-13(7-12)9-21-25(17)4-2/h5-11,22H,3-4H2,1-2H3. The summed E-state index contributed by atoms with van der Waals surface area (Å²) in [5, 5.41) is 8.32. The average Bonchev–Trinajstić information content (AvgIpc) is 3.44. The van der Waals surface area contributed by atoms with E-state index in [1.807, 2.05) is 36.0 Å². The van der Waals surface area contributed by atoms with E-state index >= 15 is 0 Å². The molecule has 8 heteroatoms. The lowest BCUT2D eigenvalue weighted by molar-refractivity contribution is 0.573. The van der Waals surface area contributed by atoms with Crippen molar-refractivity contribution in [2.45, 2.75) is 26.8 Å². The third-order valence-corrected chi connectivity index (χ3v) is 4.88. The van der Waals surface area contributed by atoms with Crippen molar-refractivity contribution in [1.82, 2.24) is 29.4 Å². The summed E-state index contributed by atoms with van der Waals surface area (Å²) in [5.74, 6) is 0.444. The van der Waals surface area contributed by atoms with Crippen molar-refractivity contribution in [2.75, 3.05) is 0 Å². The SMILES string of the molecule is CCc1coc(-c2c[nH]n3c(=O)cc(-c4ccc5c(cnn5CC)c4)nc23)n1. The Hall–Kier alpha value is -3.68. The molecule has 0 fully saturated rings. The molecule has 0 radical (unpaired) electrons. The van der Waals surface area contributed by atoms with Gasteiger partial charge in [0.15, 0.2) is 5.65 Å². The van der Waals surface area contributed by atoms with Crippen LogP contribution >= 0.6 is 0 Å². The molecule has 140 valence electrons. The average molecular weight is 374 g/mol. The van der Waals surface area contributed by atoms with Crippen molar-refractivity contribution in [3.8, 4) is 22.7 Å². The van der Waals surface area contributed by atoms with E-state index in [4.69, 9.17) is 9.40 Å². The third-order valence-electron chi connectivity index (χ3n) is 4.88. The summed E-state index contributed by atoms with van der Waals surface area (Å²) >= 11 is 0. The molecule has 0 spiro atoms. The Morgan fingerprint density at radius 2 is 2.07 bits per heavy atom. The van der Waals surface area contributed by atoms with Crippen LogP contribution in [0.4, 0.5) is 0 Å². The number of fused-ring (bicyclic) bond motifs is 2. The molecule has 0 amide bonds. The summed E-state index contributed by atoms with van der Waals surface area (Å²) in [5.41, 5.74) is 4.30. The van der Waals surface area contributed by atoms with Gasteiger partial charge in [-0.2, -0.15) is 5.10 Å². The monoisotopic (exact) mass is 374 g/mol. The maximum Gasteiger partial charge on any atom is 0.273 e. The highest BCUT2D eigenvalue weighted by atomic mass is 16.3. The van der Waals surface area contributed by atoms with Gasteiger partial charge in [-0.25, -0.2) is 14.5 Å². The van der Waals surface area contributed by atoms with Crippen LogP contribution in [0.3, 0.4) is 0 Å². The molecule has 0 aliphatic heterocycles. The zero-order chi connectivity index (χ0) is 19.3. The van der Waals surface area contributed by atoms with Gasteiger partial charge in [-0.3, -0.25) is 14.6 Å². The molecule has 5 rings (SSSR count). The lowest BCUT2D eigenvalue weighted by Gasteiger charge is -2.04. The smallest absolute Gasteiger partial charge is 0.273 e. The number of nitrogens with zero attached hydrogens (tertiary/aromatic N) is 5. The summed E-state index contributed by atoms with van der Waals surface area (Å²) in [4.78, 5) is 21.8. The van der Waals surface area contributed by atoms with Crippen LogP contribution in [0.25, 0.3) is 39.3 Å². The normalized spacial score (nSPS) is 11.6. The summed E-state index contributed by atoms with van der Waals surface area (Å²) in [6.07, 6.45) is 5.91. The van der Waals surface area contributed by atoms with Gasteiger partial charge >= 0.3 is 0 Å². The van der Waals surface area contributed by atoms with Crippen LogP contribution in [-0.2, 0) is 13.0 Å². The van der Waals surface area contributed by atoms with Crippen LogP contribution in [0.15, 0.2) is 52.1 Å². The molecule has 0 aliphatic rings. The Morgan fingerprint density at radius 3 is 2.86 bits per heavy atom. The first kappa shape index (κ1) is 16.5. The van der Waals surface area contributed by atoms with Crippen LogP contribution in [0, 0.1) is 0 Å². The van der Waals surface area contributed by atoms with Crippen molar-refractivity contribution in [2.24, 2.45) is 0 Å². The first-order chi connectivity index (χ1) is 13.7. The molecule has 1 N–H and O–H groups in total. The fraction of sp³-hybridized carbons (Fsp3) is 0.200. The Labute approximate surface area is 159 Å². The Bertz CT molecular complexity index is 1370. The Kier molecular flexibility index (Phi) is 3.65. The summed E-state index contributed by atoms with van der Waals surface area (Å²) in [7, 11) is 0. The van der Waals surface area contributed by atoms with Gasteiger partial charge in [-0.15, -0.1) is 0 Å². The van der Waals surface area contributed by atoms with Crippen molar-refractivity contribution < 1.29 is 4.42 Å². The van der Waals surface area contributed by atoms with Gasteiger partial charge in [0.05, 0.1) is 28.7 Å². The molecule has 0 saturated heterocycles. The molecule has 0 unspecified atom stereocenters. The van der Waals surface area contributed by atoms with E-state index in [0.29, 0.717) is 22.8 Å². The molecular formula is C20H18N6O2. The second kappa shape index (κ2) is 6.19. The molecule has 0 saturated carbocycles. The zero-order valence-electron chi connectivity index (χ0n) is 15.5. The topological polar surface area (TPSA) is 94.0 Å². The van der Waals surface area contributed by atoms with E-state index in [1.54, 1.807) is 12.5 Å². The quantitative estimate of drug-likeness (QED) is 0.521. The molecule has 0 aliphatic carbocycles. The van der Waals surface area contributed by atoms with Gasteiger partial charge in [0, 0.05) is 29.8 Å². The predicted octanol–water partition coefficient (Wildman–Crippen LogP) is 3.28. The third kappa shape index (κ3) is 2.45. The van der Waals surface area contributed by atoms with Crippen LogP contribution in [0.2, 0.25) is 0 Å². The van der Waals surface area contributed by atoms with Crippen molar-refractivity contribution in [1.29, 1.82) is 0 Å². The zero-order valence-corrected chi connectivity index (χ0v) is 15.5. The van der Waals surface area contributed by atoms with Crippen LogP contribution < -0.4 is 5.56 Å². The van der Waals surface area contributed by atoms with Crippen LogP contribution in [-0.4, -0.2) is 29.4 Å². The molecule has 5 aromatic rings. The molecule has 8 nitrogen and oxygen atoms in total. The number of aryl methyl sites for hydroxylation is 2. The minimum atomic E-state index is -0.196. The maximum absolute atomic E-state index is 12.6. The number of hydrogen-bond donors (Lipinski definition) is 1. The Balaban J connectivity index is 1.68. The van der Waals surface area contributed by atoms with E-state index in [1.165, 1.54) is 10.6 Å². The first-order valence-electron chi connectivity index (χ1n) is 9.20. The lowest BCUT2D eigenvalue weighted by atomic mass is 10.1. The molecular weight excluding hydrogens is 356 g/mol. The molecule has 28 heavy (non-hydrogen) atoms. The lowest BCUT2D eigenvalue weighted by Crippen LogP contribution is -2.14. The highest BCUT2D eigenvalue weighted by molar-refractivity contribution is 5.84. The van der Waals surface area contributed by atoms with Gasteiger partial charge in [-0.1, -0.05) is 13.0 Å². The fourth-order valence-electron chi connectivity index (χ4n) is 3.38. The largest absolute Gasteiger partial charge is 0.444 e. The summed E-state index contributed by atoms with van der Waals surface area (Å²) in [6, 6.07) is 7.48. The van der Waals surface area contributed by atoms with Gasteiger partial charge in [0.25, 0.3) is 5.56 Å². The number of benzene rings is 1. The van der Waals surface area contributed by atoms with Gasteiger partial charge < -0.3 is 4.42 Å². The van der Waals surface area contributed by atoms with E-state index in [2.05, 4.69) is 22.1 Å². The number of H-pyrrole nitrogens is 1. The summed E-state index contributed by atoms with van der Waals surface area (Å²) in [6.45, 7) is 4.86. The molecule has 0 atom stereocenters. The number of aromatic nitrogens is 6. The highest BCUT2D eigenvalue weighted by Crippen LogP contribution is 2.26. The molecule has 1 aromatic carbocycles. The first-order valence-corrected chi connectivity index (χ1v) is 9.20. The number of aromatic amines is 1. The van der Waals surface area contributed by atoms with Gasteiger partial charge in [0.2, 0.25) is 5.89 Å². The predicted molar refractivity (Wildman–Crippen MR) is 105 cm³/mol. The fourth-order valence-corrected chi connectivity index (χ4v) is 3.38. The number of hydrogen-bond acceptors (Lipinski definition) is 5. The van der Waals surface area contributed by atoms with Crippen LogP contribution in [0.5, 0.6) is 0 Å². The number of nitrogens with one attached hydrogen (secondary N) is 1. The van der Waals surface area contributed by atoms with Crippen LogP contribution in [0.1, 0.15) is 19.5 Å². The van der Waals surface area contributed by atoms with E-state index in [9.17, 15) is 4.79 Å². The molecule has 4 aromatic heterocycles. The maximum atomic E-state index is 12.6. The van der Waals surface area contributed by atoms with E-state index in [-0.39, 0.29) is 5.56 Å². The van der Waals surface area contributed by atoms with Gasteiger partial charge in [-0.05, 0) is 25.5 Å². The highest BCUT2D eigenvalue weighted by Gasteiger charge is 2.16. The molecule has 4 heterocycles. The van der Waals surface area contributed by atoms with E-state index < -0.39 is 0 Å². The van der Waals surface area contributed by atoms with E-state index in [0.717, 1.165) is 35.1 Å². The second-order valence-corrected chi connectivity index (χ2v) is 6.56. The van der Waals surface area contributed by atoms with Crippen molar-refractivity contribution in [3.05, 3.63) is 59.0 Å². The number of rotatable bonds is 4.